The van der Waals surface area contributed by atoms with Crippen LogP contribution in [0, 0.1) is 10.1 Å². The molecule has 0 fully saturated rings. The number of hydrogen-bond acceptors (Lipinski definition) is 4. The van der Waals surface area contributed by atoms with Gasteiger partial charge in [-0.1, -0.05) is 49.4 Å². The second-order valence-corrected chi connectivity index (χ2v) is 6.47. The average molecular weight is 356 g/mol. The molecule has 0 spiro atoms. The molecule has 0 saturated heterocycles. The molecular weight excluding hydrogens is 328 g/mol. The highest BCUT2D eigenvalue weighted by Crippen LogP contribution is 2.15. The molecule has 0 radical (unpaired) electrons. The van der Waals surface area contributed by atoms with Gasteiger partial charge in [0.2, 0.25) is 6.04 Å². The fourth-order valence-corrected chi connectivity index (χ4v) is 3.17. The van der Waals surface area contributed by atoms with Crippen LogP contribution in [0.1, 0.15) is 37.3 Å². The number of nitro groups is 1. The maximum atomic E-state index is 11.4. The molecule has 0 aromatic heterocycles. The Morgan fingerprint density at radius 3 is 2.35 bits per heavy atom. The molecule has 2 aromatic carbocycles. The van der Waals surface area contributed by atoms with Gasteiger partial charge in [-0.05, 0) is 42.5 Å². The lowest BCUT2D eigenvalue weighted by Crippen LogP contribution is -2.43. The van der Waals surface area contributed by atoms with Crippen molar-refractivity contribution in [1.82, 2.24) is 5.32 Å². The lowest BCUT2D eigenvalue weighted by molar-refractivity contribution is -0.527. The predicted molar refractivity (Wildman–Crippen MR) is 104 cm³/mol. The quantitative estimate of drug-likeness (QED) is 0.483. The Morgan fingerprint density at radius 1 is 1.08 bits per heavy atom. The van der Waals surface area contributed by atoms with Gasteiger partial charge in [-0.25, -0.2) is 0 Å². The van der Waals surface area contributed by atoms with Gasteiger partial charge in [0, 0.05) is 17.9 Å². The predicted octanol–water partition coefficient (Wildman–Crippen LogP) is 4.23. The summed E-state index contributed by atoms with van der Waals surface area (Å²) < 4.78 is 5.17. The molecule has 1 N–H and O–H groups in total. The first-order valence-electron chi connectivity index (χ1n) is 9.17. The Hall–Kier alpha value is -2.40. The monoisotopic (exact) mass is 356 g/mol. The van der Waals surface area contributed by atoms with E-state index in [1.807, 2.05) is 49.4 Å². The first kappa shape index (κ1) is 19.9. The third-order valence-corrected chi connectivity index (χ3v) is 4.70. The number of benzene rings is 2. The molecule has 0 bridgehead atoms. The molecule has 0 aliphatic rings. The van der Waals surface area contributed by atoms with Gasteiger partial charge in [0.1, 0.15) is 5.75 Å². The molecule has 0 aliphatic carbocycles. The smallest absolute Gasteiger partial charge is 0.227 e. The van der Waals surface area contributed by atoms with Crippen molar-refractivity contribution in [2.45, 2.75) is 51.2 Å². The summed E-state index contributed by atoms with van der Waals surface area (Å²) >= 11 is 0. The molecule has 0 amide bonds. The highest BCUT2D eigenvalue weighted by atomic mass is 16.6. The van der Waals surface area contributed by atoms with Crippen LogP contribution in [0.15, 0.2) is 54.6 Å². The molecule has 0 aliphatic heterocycles. The Kier molecular flexibility index (Phi) is 8.09. The highest BCUT2D eigenvalue weighted by molar-refractivity contribution is 5.27. The van der Waals surface area contributed by atoms with E-state index in [1.165, 1.54) is 5.56 Å². The van der Waals surface area contributed by atoms with Gasteiger partial charge in [-0.2, -0.15) is 0 Å². The van der Waals surface area contributed by atoms with Crippen molar-refractivity contribution in [3.63, 3.8) is 0 Å². The van der Waals surface area contributed by atoms with E-state index in [0.29, 0.717) is 13.0 Å². The number of ether oxygens (including phenoxy) is 1. The van der Waals surface area contributed by atoms with E-state index in [1.54, 1.807) is 7.11 Å². The van der Waals surface area contributed by atoms with E-state index in [4.69, 9.17) is 4.74 Å². The topological polar surface area (TPSA) is 64.4 Å². The number of nitrogens with zero attached hydrogens (tertiary/aromatic N) is 1. The fourth-order valence-electron chi connectivity index (χ4n) is 3.17. The van der Waals surface area contributed by atoms with Crippen LogP contribution in [0.3, 0.4) is 0 Å². The van der Waals surface area contributed by atoms with Crippen molar-refractivity contribution in [2.24, 2.45) is 0 Å². The number of hydrogen-bond donors (Lipinski definition) is 1. The summed E-state index contributed by atoms with van der Waals surface area (Å²) in [5.74, 6) is 0.810. The third kappa shape index (κ3) is 6.15. The van der Waals surface area contributed by atoms with Crippen molar-refractivity contribution >= 4 is 0 Å². The standard InChI is InChI=1S/C21H28N2O3/c1-3-21(23(24)25)20(11-7-10-17-8-5-4-6-9-17)22-16-18-12-14-19(26-2)15-13-18/h4-6,8-9,12-15,20-22H,3,7,10-11,16H2,1-2H3. The minimum absolute atomic E-state index is 0.138. The Labute approximate surface area is 155 Å². The number of rotatable bonds is 11. The van der Waals surface area contributed by atoms with Crippen molar-refractivity contribution < 1.29 is 9.66 Å². The molecule has 140 valence electrons. The molecular formula is C21H28N2O3. The van der Waals surface area contributed by atoms with E-state index >= 15 is 0 Å². The van der Waals surface area contributed by atoms with Gasteiger partial charge in [-0.3, -0.25) is 10.1 Å². The Balaban J connectivity index is 1.94. The first-order chi connectivity index (χ1) is 12.6. The molecule has 0 saturated carbocycles. The maximum Gasteiger partial charge on any atom is 0.227 e. The van der Waals surface area contributed by atoms with Crippen LogP contribution in [0.5, 0.6) is 5.75 Å². The molecule has 0 heterocycles. The number of nitrogens with one attached hydrogen (secondary N) is 1. The van der Waals surface area contributed by atoms with E-state index in [0.717, 1.165) is 30.6 Å². The lowest BCUT2D eigenvalue weighted by atomic mass is 9.98. The van der Waals surface area contributed by atoms with Gasteiger partial charge >= 0.3 is 0 Å². The van der Waals surface area contributed by atoms with Crippen LogP contribution in [-0.4, -0.2) is 24.1 Å². The summed E-state index contributed by atoms with van der Waals surface area (Å²) in [6.45, 7) is 2.50. The fraction of sp³-hybridized carbons (Fsp3) is 0.429. The minimum atomic E-state index is -0.566. The van der Waals surface area contributed by atoms with Gasteiger partial charge in [0.15, 0.2) is 0 Å². The van der Waals surface area contributed by atoms with Crippen molar-refractivity contribution in [3.05, 3.63) is 75.8 Å². The summed E-state index contributed by atoms with van der Waals surface area (Å²) in [6.07, 6.45) is 3.17. The summed E-state index contributed by atoms with van der Waals surface area (Å²) in [7, 11) is 1.64. The van der Waals surface area contributed by atoms with Crippen LogP contribution in [-0.2, 0) is 13.0 Å². The molecule has 2 unspecified atom stereocenters. The second kappa shape index (κ2) is 10.6. The van der Waals surface area contributed by atoms with Crippen LogP contribution < -0.4 is 10.1 Å². The van der Waals surface area contributed by atoms with Crippen LogP contribution in [0.4, 0.5) is 0 Å². The maximum absolute atomic E-state index is 11.4. The van der Waals surface area contributed by atoms with Gasteiger partial charge in [0.05, 0.1) is 13.2 Å². The van der Waals surface area contributed by atoms with Crippen LogP contribution in [0.2, 0.25) is 0 Å². The minimum Gasteiger partial charge on any atom is -0.497 e. The largest absolute Gasteiger partial charge is 0.497 e. The van der Waals surface area contributed by atoms with Gasteiger partial charge in [0.25, 0.3) is 0 Å². The second-order valence-electron chi connectivity index (χ2n) is 6.47. The number of methoxy groups -OCH3 is 1. The van der Waals surface area contributed by atoms with Gasteiger partial charge < -0.3 is 10.1 Å². The van der Waals surface area contributed by atoms with Crippen LogP contribution in [0.25, 0.3) is 0 Å². The van der Waals surface area contributed by atoms with Crippen LogP contribution >= 0.6 is 0 Å². The van der Waals surface area contributed by atoms with Crippen molar-refractivity contribution in [3.8, 4) is 5.75 Å². The highest BCUT2D eigenvalue weighted by Gasteiger charge is 2.28. The first-order valence-corrected chi connectivity index (χ1v) is 9.17. The van der Waals surface area contributed by atoms with Gasteiger partial charge in [-0.15, -0.1) is 0 Å². The SMILES string of the molecule is CCC(C(CCCc1ccccc1)NCc1ccc(OC)cc1)[N+](=O)[O-]. The zero-order chi connectivity index (χ0) is 18.8. The normalized spacial score (nSPS) is 13.2. The van der Waals surface area contributed by atoms with Crippen molar-refractivity contribution in [1.29, 1.82) is 0 Å². The molecule has 5 nitrogen and oxygen atoms in total. The Morgan fingerprint density at radius 2 is 1.77 bits per heavy atom. The van der Waals surface area contributed by atoms with E-state index < -0.39 is 6.04 Å². The summed E-state index contributed by atoms with van der Waals surface area (Å²) in [6, 6.07) is 17.3. The summed E-state index contributed by atoms with van der Waals surface area (Å²) in [5.41, 5.74) is 2.37. The Bertz CT molecular complexity index is 659. The zero-order valence-corrected chi connectivity index (χ0v) is 15.6. The zero-order valence-electron chi connectivity index (χ0n) is 15.6. The van der Waals surface area contributed by atoms with E-state index in [2.05, 4.69) is 17.4 Å². The molecule has 26 heavy (non-hydrogen) atoms. The molecule has 2 rings (SSSR count). The molecule has 5 heteroatoms. The summed E-state index contributed by atoms with van der Waals surface area (Å²) in [5, 5.41) is 14.9. The number of aryl methyl sites for hydroxylation is 1. The third-order valence-electron chi connectivity index (χ3n) is 4.70. The molecule has 2 atom stereocenters. The van der Waals surface area contributed by atoms with E-state index in [9.17, 15) is 10.1 Å². The molecule has 2 aromatic rings. The lowest BCUT2D eigenvalue weighted by Gasteiger charge is -2.22. The van der Waals surface area contributed by atoms with E-state index in [-0.39, 0.29) is 11.0 Å². The average Bonchev–Trinajstić information content (AvgIpc) is 2.67. The summed E-state index contributed by atoms with van der Waals surface area (Å²) in [4.78, 5) is 11.3. The van der Waals surface area contributed by atoms with Crippen molar-refractivity contribution in [2.75, 3.05) is 7.11 Å².